The lowest BCUT2D eigenvalue weighted by atomic mass is 9.90. The third-order valence-corrected chi connectivity index (χ3v) is 4.47. The van der Waals surface area contributed by atoms with Gasteiger partial charge in [-0.25, -0.2) is 4.98 Å². The maximum absolute atomic E-state index is 11.4. The predicted molar refractivity (Wildman–Crippen MR) is 83.1 cm³/mol. The molecule has 1 N–H and O–H groups in total. The van der Waals surface area contributed by atoms with Gasteiger partial charge in [0, 0.05) is 17.4 Å². The summed E-state index contributed by atoms with van der Waals surface area (Å²) in [5.41, 5.74) is 5.05. The molecule has 0 radical (unpaired) electrons. The van der Waals surface area contributed by atoms with Gasteiger partial charge in [-0.05, 0) is 42.9 Å². The highest BCUT2D eigenvalue weighted by Crippen LogP contribution is 2.29. The lowest BCUT2D eigenvalue weighted by molar-refractivity contribution is -0.115. The minimum absolute atomic E-state index is 0.0105. The normalized spacial score (nSPS) is 13.8. The number of rotatable bonds is 3. The molecule has 0 fully saturated rings. The van der Waals surface area contributed by atoms with Crippen molar-refractivity contribution in [2.24, 2.45) is 0 Å². The van der Waals surface area contributed by atoms with Gasteiger partial charge in [0.1, 0.15) is 0 Å². The molecule has 0 atom stereocenters. The summed E-state index contributed by atoms with van der Waals surface area (Å²) in [5.74, 6) is 0.0105. The van der Waals surface area contributed by atoms with E-state index in [1.807, 2.05) is 12.3 Å². The summed E-state index contributed by atoms with van der Waals surface area (Å²) in [4.78, 5) is 15.9. The van der Waals surface area contributed by atoms with Gasteiger partial charge in [0.05, 0.1) is 5.69 Å². The first kappa shape index (κ1) is 13.3. The molecule has 0 unspecified atom stereocenters. The van der Waals surface area contributed by atoms with Crippen LogP contribution >= 0.6 is 11.3 Å². The predicted octanol–water partition coefficient (Wildman–Crippen LogP) is 4.04. The van der Waals surface area contributed by atoms with Gasteiger partial charge in [0.2, 0.25) is 5.91 Å². The van der Waals surface area contributed by atoms with Crippen LogP contribution in [0, 0.1) is 0 Å². The van der Waals surface area contributed by atoms with Crippen LogP contribution in [0.2, 0.25) is 0 Å². The van der Waals surface area contributed by atoms with E-state index in [1.54, 1.807) is 0 Å². The monoisotopic (exact) mass is 286 g/mol. The molecule has 104 valence electrons. The summed E-state index contributed by atoms with van der Waals surface area (Å²) >= 11 is 1.48. The molecule has 0 bridgehead atoms. The van der Waals surface area contributed by atoms with Gasteiger partial charge in [-0.15, -0.1) is 11.3 Å². The van der Waals surface area contributed by atoms with Crippen molar-refractivity contribution in [2.45, 2.75) is 39.0 Å². The number of hydrogen-bond acceptors (Lipinski definition) is 3. The van der Waals surface area contributed by atoms with E-state index in [0.29, 0.717) is 11.6 Å². The van der Waals surface area contributed by atoms with E-state index in [9.17, 15) is 4.79 Å². The Balaban J connectivity index is 1.84. The minimum Gasteiger partial charge on any atom is -0.302 e. The molecule has 0 saturated heterocycles. The fourth-order valence-corrected chi connectivity index (χ4v) is 3.30. The Morgan fingerprint density at radius 3 is 2.90 bits per heavy atom. The second-order valence-electron chi connectivity index (χ2n) is 5.13. The number of benzene rings is 1. The summed E-state index contributed by atoms with van der Waals surface area (Å²) in [5, 5.41) is 5.51. The largest absolute Gasteiger partial charge is 0.302 e. The number of thiazole rings is 1. The van der Waals surface area contributed by atoms with Gasteiger partial charge in [-0.1, -0.05) is 19.1 Å². The molecule has 0 aliphatic heterocycles. The summed E-state index contributed by atoms with van der Waals surface area (Å²) in [7, 11) is 0. The summed E-state index contributed by atoms with van der Waals surface area (Å²) in [6.45, 7) is 1.84. The Hall–Kier alpha value is -1.68. The van der Waals surface area contributed by atoms with Crippen LogP contribution in [0.15, 0.2) is 23.6 Å². The average molecular weight is 286 g/mol. The van der Waals surface area contributed by atoms with Crippen molar-refractivity contribution in [1.82, 2.24) is 4.98 Å². The summed E-state index contributed by atoms with van der Waals surface area (Å²) in [6, 6.07) is 6.63. The Labute approximate surface area is 123 Å². The van der Waals surface area contributed by atoms with Gasteiger partial charge in [-0.2, -0.15) is 0 Å². The molecule has 1 amide bonds. The zero-order valence-electron chi connectivity index (χ0n) is 11.6. The quantitative estimate of drug-likeness (QED) is 0.925. The number of nitrogens with one attached hydrogen (secondary N) is 1. The maximum Gasteiger partial charge on any atom is 0.225 e. The van der Waals surface area contributed by atoms with Crippen LogP contribution in [0.3, 0.4) is 0 Å². The molecule has 0 saturated carbocycles. The number of nitrogens with zero attached hydrogens (tertiary/aromatic N) is 1. The molecule has 3 rings (SSSR count). The molecule has 0 spiro atoms. The molecule has 4 heteroatoms. The molecule has 20 heavy (non-hydrogen) atoms. The van der Waals surface area contributed by atoms with Gasteiger partial charge in [-0.3, -0.25) is 4.79 Å². The van der Waals surface area contributed by atoms with Crippen molar-refractivity contribution in [3.05, 3.63) is 34.7 Å². The van der Waals surface area contributed by atoms with Crippen LogP contribution in [-0.2, 0) is 17.6 Å². The SMILES string of the molecule is CCC(=O)Nc1nc(-c2ccc3c(c2)CCCC3)cs1. The van der Waals surface area contributed by atoms with Crippen molar-refractivity contribution in [3.8, 4) is 11.3 Å². The van der Waals surface area contributed by atoms with E-state index >= 15 is 0 Å². The molecular weight excluding hydrogens is 268 g/mol. The first-order valence-electron chi connectivity index (χ1n) is 7.14. The highest BCUT2D eigenvalue weighted by molar-refractivity contribution is 7.14. The third-order valence-electron chi connectivity index (χ3n) is 3.72. The number of aryl methyl sites for hydroxylation is 2. The van der Waals surface area contributed by atoms with E-state index in [-0.39, 0.29) is 5.91 Å². The molecule has 1 aromatic heterocycles. The second kappa shape index (κ2) is 5.75. The van der Waals surface area contributed by atoms with Crippen LogP contribution in [0.25, 0.3) is 11.3 Å². The fourth-order valence-electron chi connectivity index (χ4n) is 2.56. The van der Waals surface area contributed by atoms with E-state index in [0.717, 1.165) is 11.3 Å². The number of hydrogen-bond donors (Lipinski definition) is 1. The van der Waals surface area contributed by atoms with Crippen LogP contribution < -0.4 is 5.32 Å². The zero-order chi connectivity index (χ0) is 13.9. The number of carbonyl (C=O) groups excluding carboxylic acids is 1. The fraction of sp³-hybridized carbons (Fsp3) is 0.375. The van der Waals surface area contributed by atoms with Crippen molar-refractivity contribution in [3.63, 3.8) is 0 Å². The Bertz CT molecular complexity index is 633. The lowest BCUT2D eigenvalue weighted by Gasteiger charge is -2.16. The van der Waals surface area contributed by atoms with E-state index in [1.165, 1.54) is 48.1 Å². The summed E-state index contributed by atoms with van der Waals surface area (Å²) in [6.07, 6.45) is 5.44. The first-order valence-corrected chi connectivity index (χ1v) is 8.02. The maximum atomic E-state index is 11.4. The zero-order valence-corrected chi connectivity index (χ0v) is 12.4. The number of amides is 1. The van der Waals surface area contributed by atoms with Gasteiger partial charge < -0.3 is 5.32 Å². The van der Waals surface area contributed by atoms with Crippen molar-refractivity contribution in [1.29, 1.82) is 0 Å². The van der Waals surface area contributed by atoms with Gasteiger partial charge >= 0.3 is 0 Å². The molecular formula is C16H18N2OS. The Morgan fingerprint density at radius 1 is 1.30 bits per heavy atom. The van der Waals surface area contributed by atoms with Gasteiger partial charge in [0.25, 0.3) is 0 Å². The van der Waals surface area contributed by atoms with E-state index in [2.05, 4.69) is 28.5 Å². The summed E-state index contributed by atoms with van der Waals surface area (Å²) < 4.78 is 0. The van der Waals surface area contributed by atoms with Crippen molar-refractivity contribution >= 4 is 22.4 Å². The van der Waals surface area contributed by atoms with Crippen LogP contribution in [-0.4, -0.2) is 10.9 Å². The highest BCUT2D eigenvalue weighted by Gasteiger charge is 2.12. The molecule has 3 nitrogen and oxygen atoms in total. The smallest absolute Gasteiger partial charge is 0.225 e. The Morgan fingerprint density at radius 2 is 2.10 bits per heavy atom. The van der Waals surface area contributed by atoms with Crippen LogP contribution in [0.1, 0.15) is 37.3 Å². The average Bonchev–Trinajstić information content (AvgIpc) is 2.95. The van der Waals surface area contributed by atoms with Crippen LogP contribution in [0.4, 0.5) is 5.13 Å². The molecule has 1 aliphatic carbocycles. The molecule has 1 aromatic carbocycles. The first-order chi connectivity index (χ1) is 9.76. The number of anilines is 1. The number of fused-ring (bicyclic) bond motifs is 1. The second-order valence-corrected chi connectivity index (χ2v) is 5.99. The van der Waals surface area contributed by atoms with Crippen molar-refractivity contribution in [2.75, 3.05) is 5.32 Å². The van der Waals surface area contributed by atoms with Crippen LogP contribution in [0.5, 0.6) is 0 Å². The minimum atomic E-state index is 0.0105. The van der Waals surface area contributed by atoms with E-state index in [4.69, 9.17) is 0 Å². The molecule has 1 aliphatic rings. The number of carbonyl (C=O) groups is 1. The van der Waals surface area contributed by atoms with Gasteiger partial charge in [0.15, 0.2) is 5.13 Å². The molecule has 2 aromatic rings. The standard InChI is InChI=1S/C16H18N2OS/c1-2-15(19)18-16-17-14(10-20-16)13-8-7-11-5-3-4-6-12(11)9-13/h7-10H,2-6H2,1H3,(H,17,18,19). The van der Waals surface area contributed by atoms with E-state index < -0.39 is 0 Å². The molecule has 1 heterocycles. The highest BCUT2D eigenvalue weighted by atomic mass is 32.1. The van der Waals surface area contributed by atoms with Crippen molar-refractivity contribution < 1.29 is 4.79 Å². The third kappa shape index (κ3) is 2.75. The number of aromatic nitrogens is 1. The Kier molecular flexibility index (Phi) is 3.83. The topological polar surface area (TPSA) is 42.0 Å². The lowest BCUT2D eigenvalue weighted by Crippen LogP contribution is -2.08.